The van der Waals surface area contributed by atoms with E-state index in [1.165, 1.54) is 0 Å². The third kappa shape index (κ3) is 6.11. The second kappa shape index (κ2) is 9.87. The molecule has 32 heavy (non-hydrogen) atoms. The van der Waals surface area contributed by atoms with Crippen LogP contribution in [0, 0.1) is 13.8 Å². The smallest absolute Gasteiger partial charge is 0.261 e. The summed E-state index contributed by atoms with van der Waals surface area (Å²) in [6.07, 6.45) is 0.105. The Labute approximate surface area is 189 Å². The van der Waals surface area contributed by atoms with Gasteiger partial charge in [-0.2, -0.15) is 0 Å². The first-order chi connectivity index (χ1) is 15.1. The number of ether oxygens (including phenoxy) is 1. The lowest BCUT2D eigenvalue weighted by molar-refractivity contribution is 0.0951. The molecule has 6 nitrogen and oxygen atoms in total. The molecule has 0 bridgehead atoms. The van der Waals surface area contributed by atoms with Gasteiger partial charge in [0.05, 0.1) is 16.7 Å². The van der Waals surface area contributed by atoms with Gasteiger partial charge in [-0.05, 0) is 81.3 Å². The maximum Gasteiger partial charge on any atom is 0.261 e. The molecule has 0 aliphatic carbocycles. The highest BCUT2D eigenvalue weighted by molar-refractivity contribution is 7.92. The molecular formula is C25H28N2O4S. The summed E-state index contributed by atoms with van der Waals surface area (Å²) in [6, 6.07) is 19.1. The zero-order valence-electron chi connectivity index (χ0n) is 18.7. The van der Waals surface area contributed by atoms with Crippen LogP contribution in [-0.4, -0.2) is 20.4 Å². The molecule has 0 aliphatic rings. The third-order valence-electron chi connectivity index (χ3n) is 4.81. The number of anilines is 1. The van der Waals surface area contributed by atoms with Gasteiger partial charge in [-0.15, -0.1) is 0 Å². The number of carbonyl (C=O) groups excluding carboxylic acids is 1. The summed E-state index contributed by atoms with van der Waals surface area (Å²) in [6.45, 7) is 7.97. The Bertz CT molecular complexity index is 1190. The summed E-state index contributed by atoms with van der Waals surface area (Å²) < 4.78 is 33.5. The Morgan fingerprint density at radius 3 is 2.19 bits per heavy atom. The molecule has 0 aromatic heterocycles. The first kappa shape index (κ1) is 23.3. The van der Waals surface area contributed by atoms with Crippen LogP contribution in [0.2, 0.25) is 0 Å². The largest absolute Gasteiger partial charge is 0.491 e. The molecule has 0 radical (unpaired) electrons. The minimum Gasteiger partial charge on any atom is -0.491 e. The van der Waals surface area contributed by atoms with Crippen molar-refractivity contribution in [2.45, 2.75) is 45.2 Å². The van der Waals surface area contributed by atoms with E-state index in [4.69, 9.17) is 4.74 Å². The van der Waals surface area contributed by atoms with E-state index in [1.807, 2.05) is 45.0 Å². The molecule has 0 saturated carbocycles. The summed E-state index contributed by atoms with van der Waals surface area (Å²) in [5, 5.41) is 2.88. The SMILES string of the molecule is Cc1ccc(S(=O)(=O)Nc2ccc(C(=O)NCc3ccc(OC(C)C)cc3)cc2C)cc1. The Hall–Kier alpha value is -3.32. The lowest BCUT2D eigenvalue weighted by Gasteiger charge is -2.13. The number of benzene rings is 3. The summed E-state index contributed by atoms with van der Waals surface area (Å²) >= 11 is 0. The van der Waals surface area contributed by atoms with Gasteiger partial charge in [0.1, 0.15) is 5.75 Å². The van der Waals surface area contributed by atoms with Crippen LogP contribution >= 0.6 is 0 Å². The van der Waals surface area contributed by atoms with Crippen molar-refractivity contribution in [3.63, 3.8) is 0 Å². The second-order valence-corrected chi connectivity index (χ2v) is 9.62. The molecule has 0 spiro atoms. The fourth-order valence-corrected chi connectivity index (χ4v) is 4.21. The van der Waals surface area contributed by atoms with Crippen molar-refractivity contribution in [2.24, 2.45) is 0 Å². The van der Waals surface area contributed by atoms with Crippen LogP contribution in [0.1, 0.15) is 40.9 Å². The van der Waals surface area contributed by atoms with Gasteiger partial charge >= 0.3 is 0 Å². The molecular weight excluding hydrogens is 424 g/mol. The first-order valence-electron chi connectivity index (χ1n) is 10.4. The standard InChI is InChI=1S/C25H28N2O4S/c1-17(2)31-22-10-7-20(8-11-22)16-26-25(28)21-9-14-24(19(4)15-21)27-32(29,30)23-12-5-18(3)6-13-23/h5-15,17,27H,16H2,1-4H3,(H,26,28). The number of amides is 1. The summed E-state index contributed by atoms with van der Waals surface area (Å²) in [4.78, 5) is 12.7. The first-order valence-corrected chi connectivity index (χ1v) is 11.9. The zero-order chi connectivity index (χ0) is 23.3. The van der Waals surface area contributed by atoms with Gasteiger partial charge in [-0.1, -0.05) is 29.8 Å². The quantitative estimate of drug-likeness (QED) is 0.513. The lowest BCUT2D eigenvalue weighted by atomic mass is 10.1. The predicted molar refractivity (Wildman–Crippen MR) is 127 cm³/mol. The van der Waals surface area contributed by atoms with Gasteiger partial charge in [0.15, 0.2) is 0 Å². The van der Waals surface area contributed by atoms with Gasteiger partial charge in [-0.3, -0.25) is 9.52 Å². The molecule has 0 atom stereocenters. The molecule has 0 fully saturated rings. The predicted octanol–water partition coefficient (Wildman–Crippen LogP) is 4.82. The monoisotopic (exact) mass is 452 g/mol. The summed E-state index contributed by atoms with van der Waals surface area (Å²) in [5.41, 5.74) is 3.48. The van der Waals surface area contributed by atoms with E-state index in [1.54, 1.807) is 49.4 Å². The van der Waals surface area contributed by atoms with Crippen LogP contribution in [0.3, 0.4) is 0 Å². The van der Waals surface area contributed by atoms with Gasteiger partial charge in [0, 0.05) is 12.1 Å². The number of rotatable bonds is 8. The highest BCUT2D eigenvalue weighted by Gasteiger charge is 2.16. The van der Waals surface area contributed by atoms with Crippen LogP contribution < -0.4 is 14.8 Å². The van der Waals surface area contributed by atoms with Crippen molar-refractivity contribution in [1.82, 2.24) is 5.32 Å². The highest BCUT2D eigenvalue weighted by atomic mass is 32.2. The summed E-state index contributed by atoms with van der Waals surface area (Å²) in [5.74, 6) is 0.554. The molecule has 3 rings (SSSR count). The molecule has 3 aromatic rings. The zero-order valence-corrected chi connectivity index (χ0v) is 19.5. The van der Waals surface area contributed by atoms with Crippen LogP contribution in [0.5, 0.6) is 5.75 Å². The average molecular weight is 453 g/mol. The van der Waals surface area contributed by atoms with E-state index < -0.39 is 10.0 Å². The van der Waals surface area contributed by atoms with Gasteiger partial charge in [0.2, 0.25) is 0 Å². The van der Waals surface area contributed by atoms with Crippen LogP contribution in [-0.2, 0) is 16.6 Å². The molecule has 0 heterocycles. The van der Waals surface area contributed by atoms with Gasteiger partial charge < -0.3 is 10.1 Å². The van der Waals surface area contributed by atoms with E-state index in [0.717, 1.165) is 16.9 Å². The molecule has 0 saturated heterocycles. The Balaban J connectivity index is 1.64. The van der Waals surface area contributed by atoms with Crippen molar-refractivity contribution >= 4 is 21.6 Å². The van der Waals surface area contributed by atoms with Crippen LogP contribution in [0.25, 0.3) is 0 Å². The van der Waals surface area contributed by atoms with Gasteiger partial charge in [0.25, 0.3) is 15.9 Å². The molecule has 0 unspecified atom stereocenters. The van der Waals surface area contributed by atoms with E-state index in [0.29, 0.717) is 23.4 Å². The fourth-order valence-electron chi connectivity index (χ4n) is 3.08. The molecule has 7 heteroatoms. The van der Waals surface area contributed by atoms with E-state index in [2.05, 4.69) is 10.0 Å². The molecule has 1 amide bonds. The topological polar surface area (TPSA) is 84.5 Å². The molecule has 168 valence electrons. The van der Waals surface area contributed by atoms with E-state index >= 15 is 0 Å². The average Bonchev–Trinajstić information content (AvgIpc) is 2.74. The Morgan fingerprint density at radius 2 is 1.59 bits per heavy atom. The van der Waals surface area contributed by atoms with Crippen molar-refractivity contribution < 1.29 is 17.9 Å². The number of hydrogen-bond acceptors (Lipinski definition) is 4. The van der Waals surface area contributed by atoms with Crippen molar-refractivity contribution in [2.75, 3.05) is 4.72 Å². The normalized spacial score (nSPS) is 11.3. The Morgan fingerprint density at radius 1 is 0.938 bits per heavy atom. The lowest BCUT2D eigenvalue weighted by Crippen LogP contribution is -2.23. The number of sulfonamides is 1. The maximum absolute atomic E-state index is 12.6. The number of carbonyl (C=O) groups is 1. The maximum atomic E-state index is 12.6. The highest BCUT2D eigenvalue weighted by Crippen LogP contribution is 2.21. The minimum absolute atomic E-state index is 0.105. The number of aryl methyl sites for hydroxylation is 2. The number of hydrogen-bond donors (Lipinski definition) is 2. The van der Waals surface area contributed by atoms with Crippen molar-refractivity contribution in [3.8, 4) is 5.75 Å². The molecule has 2 N–H and O–H groups in total. The van der Waals surface area contributed by atoms with E-state index in [9.17, 15) is 13.2 Å². The fraction of sp³-hybridized carbons (Fsp3) is 0.240. The third-order valence-corrected chi connectivity index (χ3v) is 6.19. The van der Waals surface area contributed by atoms with Gasteiger partial charge in [-0.25, -0.2) is 8.42 Å². The second-order valence-electron chi connectivity index (χ2n) is 7.94. The van der Waals surface area contributed by atoms with Crippen molar-refractivity contribution in [1.29, 1.82) is 0 Å². The molecule has 0 aliphatic heterocycles. The summed E-state index contributed by atoms with van der Waals surface area (Å²) in [7, 11) is -3.70. The Kier molecular flexibility index (Phi) is 7.20. The van der Waals surface area contributed by atoms with Crippen molar-refractivity contribution in [3.05, 3.63) is 89.0 Å². The van der Waals surface area contributed by atoms with Crippen LogP contribution in [0.4, 0.5) is 5.69 Å². The van der Waals surface area contributed by atoms with Crippen LogP contribution in [0.15, 0.2) is 71.6 Å². The van der Waals surface area contributed by atoms with E-state index in [-0.39, 0.29) is 16.9 Å². The molecule has 3 aromatic carbocycles. The number of nitrogens with one attached hydrogen (secondary N) is 2. The minimum atomic E-state index is -3.70.